The molecule has 4 nitrogen and oxygen atoms in total. The average molecular weight is 367 g/mol. The second-order valence-corrected chi connectivity index (χ2v) is 7.96. The molecule has 1 aromatic carbocycles. The summed E-state index contributed by atoms with van der Waals surface area (Å²) in [5, 5.41) is 3.62. The Morgan fingerprint density at radius 3 is 2.77 bits per heavy atom. The molecular weight excluding hydrogens is 344 g/mol. The molecule has 1 amide bonds. The van der Waals surface area contributed by atoms with Crippen LogP contribution in [0.3, 0.4) is 0 Å². The van der Waals surface area contributed by atoms with Crippen molar-refractivity contribution in [3.63, 3.8) is 0 Å². The van der Waals surface area contributed by atoms with Gasteiger partial charge in [-0.1, -0.05) is 22.0 Å². The molecule has 0 spiro atoms. The highest BCUT2D eigenvalue weighted by Crippen LogP contribution is 2.44. The highest BCUT2D eigenvalue weighted by atomic mass is 79.9. The van der Waals surface area contributed by atoms with E-state index in [0.717, 1.165) is 30.4 Å². The molecule has 22 heavy (non-hydrogen) atoms. The molecule has 2 heterocycles. The van der Waals surface area contributed by atoms with E-state index in [1.54, 1.807) is 0 Å². The molecule has 5 heteroatoms. The lowest BCUT2D eigenvalue weighted by atomic mass is 9.91. The zero-order chi connectivity index (χ0) is 15.9. The van der Waals surface area contributed by atoms with Crippen molar-refractivity contribution >= 4 is 27.7 Å². The van der Waals surface area contributed by atoms with Crippen LogP contribution in [-0.2, 0) is 4.74 Å². The van der Waals surface area contributed by atoms with Crippen molar-refractivity contribution < 1.29 is 9.53 Å². The van der Waals surface area contributed by atoms with Crippen molar-refractivity contribution in [2.45, 2.75) is 51.2 Å². The number of ether oxygens (including phenoxy) is 1. The average Bonchev–Trinajstić information content (AvgIpc) is 2.63. The number of nitrogens with zero attached hydrogens (tertiary/aromatic N) is 1. The highest BCUT2D eigenvalue weighted by molar-refractivity contribution is 9.10. The van der Waals surface area contributed by atoms with E-state index in [4.69, 9.17) is 4.74 Å². The van der Waals surface area contributed by atoms with Gasteiger partial charge in [0.05, 0.1) is 0 Å². The van der Waals surface area contributed by atoms with Gasteiger partial charge in [0.1, 0.15) is 5.60 Å². The van der Waals surface area contributed by atoms with Crippen LogP contribution < -0.4 is 5.32 Å². The first-order valence-corrected chi connectivity index (χ1v) is 8.67. The van der Waals surface area contributed by atoms with Gasteiger partial charge >= 0.3 is 6.09 Å². The number of hydrogen-bond donors (Lipinski definition) is 1. The summed E-state index contributed by atoms with van der Waals surface area (Å²) in [5.41, 5.74) is 2.15. The number of rotatable bonds is 0. The van der Waals surface area contributed by atoms with Crippen LogP contribution in [0.25, 0.3) is 0 Å². The smallest absolute Gasteiger partial charge is 0.410 e. The Hall–Kier alpha value is -1.23. The summed E-state index contributed by atoms with van der Waals surface area (Å²) in [5.74, 6) is 0.456. The third kappa shape index (κ3) is 3.09. The van der Waals surface area contributed by atoms with E-state index in [1.807, 2.05) is 25.7 Å². The number of carbonyl (C=O) groups excluding carboxylic acids is 1. The van der Waals surface area contributed by atoms with Gasteiger partial charge in [-0.2, -0.15) is 0 Å². The first-order chi connectivity index (χ1) is 10.3. The van der Waals surface area contributed by atoms with E-state index in [1.165, 1.54) is 11.3 Å². The summed E-state index contributed by atoms with van der Waals surface area (Å²) in [6, 6.07) is 6.70. The van der Waals surface area contributed by atoms with Crippen molar-refractivity contribution in [2.24, 2.45) is 0 Å². The molecule has 3 rings (SSSR count). The third-order valence-electron chi connectivity index (χ3n) is 4.32. The van der Waals surface area contributed by atoms with Crippen LogP contribution in [0.2, 0.25) is 0 Å². The predicted octanol–water partition coefficient (Wildman–Crippen LogP) is 4.36. The topological polar surface area (TPSA) is 41.6 Å². The van der Waals surface area contributed by atoms with Gasteiger partial charge in [0.15, 0.2) is 0 Å². The maximum atomic E-state index is 12.3. The monoisotopic (exact) mass is 366 g/mol. The van der Waals surface area contributed by atoms with Crippen molar-refractivity contribution in [3.05, 3.63) is 28.2 Å². The molecular formula is C17H23BrN2O2. The lowest BCUT2D eigenvalue weighted by molar-refractivity contribution is 0.0256. The van der Waals surface area contributed by atoms with Crippen molar-refractivity contribution in [2.75, 3.05) is 18.4 Å². The summed E-state index contributed by atoms with van der Waals surface area (Å²) in [6.45, 7) is 7.22. The summed E-state index contributed by atoms with van der Waals surface area (Å²) in [6.07, 6.45) is 1.72. The minimum Gasteiger partial charge on any atom is -0.444 e. The SMILES string of the molecule is CC(C)(C)OC(=O)N1CC[C@@H]2Nc3cccc(Br)c3[C@H]2CC1. The molecule has 0 bridgehead atoms. The summed E-state index contributed by atoms with van der Waals surface area (Å²) in [4.78, 5) is 14.1. The number of carbonyl (C=O) groups is 1. The number of benzene rings is 1. The highest BCUT2D eigenvalue weighted by Gasteiger charge is 2.37. The quantitative estimate of drug-likeness (QED) is 0.741. The Bertz CT molecular complexity index is 583. The molecule has 2 atom stereocenters. The summed E-state index contributed by atoms with van der Waals surface area (Å²) < 4.78 is 6.67. The molecule has 0 aromatic heterocycles. The normalized spacial score (nSPS) is 24.1. The number of nitrogens with one attached hydrogen (secondary N) is 1. The summed E-state index contributed by atoms with van der Waals surface area (Å²) >= 11 is 3.67. The second kappa shape index (κ2) is 5.76. The third-order valence-corrected chi connectivity index (χ3v) is 5.01. The van der Waals surface area contributed by atoms with Gasteiger partial charge in [-0.25, -0.2) is 4.79 Å². The predicted molar refractivity (Wildman–Crippen MR) is 91.3 cm³/mol. The fraction of sp³-hybridized carbons (Fsp3) is 0.588. The molecule has 0 radical (unpaired) electrons. The molecule has 1 fully saturated rings. The van der Waals surface area contributed by atoms with Crippen LogP contribution in [0.5, 0.6) is 0 Å². The number of anilines is 1. The zero-order valence-corrected chi connectivity index (χ0v) is 14.9. The van der Waals surface area contributed by atoms with Crippen molar-refractivity contribution in [1.29, 1.82) is 0 Å². The number of likely N-dealkylation sites (tertiary alicyclic amines) is 1. The molecule has 0 saturated carbocycles. The largest absolute Gasteiger partial charge is 0.444 e. The van der Waals surface area contributed by atoms with Gasteiger partial charge in [0.2, 0.25) is 0 Å². The van der Waals surface area contributed by atoms with Gasteiger partial charge < -0.3 is 15.0 Å². The first kappa shape index (κ1) is 15.7. The van der Waals surface area contributed by atoms with Crippen LogP contribution >= 0.6 is 15.9 Å². The van der Waals surface area contributed by atoms with E-state index >= 15 is 0 Å². The van der Waals surface area contributed by atoms with Crippen LogP contribution in [0.4, 0.5) is 10.5 Å². The Morgan fingerprint density at radius 2 is 2.05 bits per heavy atom. The van der Waals surface area contributed by atoms with Crippen LogP contribution in [0.15, 0.2) is 22.7 Å². The Balaban J connectivity index is 1.73. The van der Waals surface area contributed by atoms with Crippen molar-refractivity contribution in [3.8, 4) is 0 Å². The number of halogens is 1. The van der Waals surface area contributed by atoms with Gasteiger partial charge in [-0.05, 0) is 51.3 Å². The standard InChI is InChI=1S/C17H23BrN2O2/c1-17(2,3)22-16(21)20-9-7-11-13(8-10-20)19-14-6-4-5-12(18)15(11)14/h4-6,11,13,19H,7-10H2,1-3H3/t11-,13-/m0/s1. The summed E-state index contributed by atoms with van der Waals surface area (Å²) in [7, 11) is 0. The minimum absolute atomic E-state index is 0.195. The fourth-order valence-electron chi connectivity index (χ4n) is 3.37. The first-order valence-electron chi connectivity index (χ1n) is 7.88. The van der Waals surface area contributed by atoms with E-state index in [9.17, 15) is 4.79 Å². The van der Waals surface area contributed by atoms with Crippen LogP contribution in [-0.4, -0.2) is 35.7 Å². The second-order valence-electron chi connectivity index (χ2n) is 7.10. The maximum absolute atomic E-state index is 12.3. The van der Waals surface area contributed by atoms with Gasteiger partial charge in [-0.3, -0.25) is 0 Å². The van der Waals surface area contributed by atoms with E-state index < -0.39 is 5.60 Å². The Morgan fingerprint density at radius 1 is 1.32 bits per heavy atom. The van der Waals surface area contributed by atoms with Gasteiger partial charge in [-0.15, -0.1) is 0 Å². The molecule has 1 N–H and O–H groups in total. The van der Waals surface area contributed by atoms with Crippen LogP contribution in [0.1, 0.15) is 45.1 Å². The minimum atomic E-state index is -0.437. The fourth-order valence-corrected chi connectivity index (χ4v) is 4.03. The Labute approximate surface area is 140 Å². The molecule has 2 aliphatic heterocycles. The van der Waals surface area contributed by atoms with Crippen LogP contribution in [0, 0.1) is 0 Å². The van der Waals surface area contributed by atoms with E-state index in [-0.39, 0.29) is 6.09 Å². The molecule has 1 aromatic rings. The van der Waals surface area contributed by atoms with E-state index in [2.05, 4.69) is 39.4 Å². The molecule has 120 valence electrons. The van der Waals surface area contributed by atoms with Gasteiger partial charge in [0, 0.05) is 35.2 Å². The molecule has 1 saturated heterocycles. The number of hydrogen-bond acceptors (Lipinski definition) is 3. The molecule has 0 unspecified atom stereocenters. The maximum Gasteiger partial charge on any atom is 0.410 e. The Kier molecular flexibility index (Phi) is 4.10. The van der Waals surface area contributed by atoms with E-state index in [0.29, 0.717) is 12.0 Å². The lowest BCUT2D eigenvalue weighted by Crippen LogP contribution is -2.37. The number of fused-ring (bicyclic) bond motifs is 3. The number of amides is 1. The molecule has 0 aliphatic carbocycles. The van der Waals surface area contributed by atoms with Gasteiger partial charge in [0.25, 0.3) is 0 Å². The van der Waals surface area contributed by atoms with Crippen molar-refractivity contribution in [1.82, 2.24) is 4.90 Å². The zero-order valence-electron chi connectivity index (χ0n) is 13.4. The molecule has 2 aliphatic rings. The lowest BCUT2D eigenvalue weighted by Gasteiger charge is -2.26.